The number of nitrogens with one attached hydrogen (secondary N) is 1. The van der Waals surface area contributed by atoms with Crippen molar-refractivity contribution in [3.63, 3.8) is 0 Å². The summed E-state index contributed by atoms with van der Waals surface area (Å²) in [6.45, 7) is 7.11. The molecule has 202 valence electrons. The fourth-order valence-electron chi connectivity index (χ4n) is 3.84. The normalized spacial score (nSPS) is 12.9. The van der Waals surface area contributed by atoms with Gasteiger partial charge in [-0.05, 0) is 69.2 Å². The molecule has 0 spiro atoms. The van der Waals surface area contributed by atoms with E-state index >= 15 is 0 Å². The van der Waals surface area contributed by atoms with Gasteiger partial charge in [0.15, 0.2) is 0 Å². The largest absolute Gasteiger partial charge is 0.352 e. The summed E-state index contributed by atoms with van der Waals surface area (Å²) >= 11 is 3.46. The fourth-order valence-corrected chi connectivity index (χ4v) is 5.72. The van der Waals surface area contributed by atoms with E-state index in [0.717, 1.165) is 26.3 Å². The second kappa shape index (κ2) is 13.1. The van der Waals surface area contributed by atoms with E-state index in [0.29, 0.717) is 5.69 Å². The van der Waals surface area contributed by atoms with Gasteiger partial charge in [-0.1, -0.05) is 70.9 Å². The van der Waals surface area contributed by atoms with Crippen LogP contribution in [0, 0.1) is 6.92 Å². The number of sulfonamides is 1. The molecule has 7 nitrogen and oxygen atoms in total. The lowest BCUT2D eigenvalue weighted by Crippen LogP contribution is -2.52. The first-order valence-electron chi connectivity index (χ1n) is 12.5. The molecular formula is C29H34BrN3O4S. The fraction of sp³-hybridized carbons (Fsp3) is 0.310. The minimum absolute atomic E-state index is 0.0599. The summed E-state index contributed by atoms with van der Waals surface area (Å²) in [6, 6.07) is 21.6. The van der Waals surface area contributed by atoms with Crippen LogP contribution < -0.4 is 9.62 Å². The number of halogens is 1. The van der Waals surface area contributed by atoms with Crippen molar-refractivity contribution in [1.82, 2.24) is 10.2 Å². The van der Waals surface area contributed by atoms with Crippen LogP contribution in [0.2, 0.25) is 0 Å². The van der Waals surface area contributed by atoms with Gasteiger partial charge in [0, 0.05) is 17.1 Å². The van der Waals surface area contributed by atoms with Gasteiger partial charge < -0.3 is 10.2 Å². The molecule has 3 aromatic carbocycles. The van der Waals surface area contributed by atoms with E-state index < -0.39 is 28.5 Å². The van der Waals surface area contributed by atoms with Gasteiger partial charge in [0.2, 0.25) is 11.8 Å². The average molecular weight is 601 g/mol. The van der Waals surface area contributed by atoms with E-state index in [-0.39, 0.29) is 23.4 Å². The summed E-state index contributed by atoms with van der Waals surface area (Å²) in [5, 5.41) is 2.94. The van der Waals surface area contributed by atoms with Crippen molar-refractivity contribution in [3.05, 3.63) is 94.5 Å². The lowest BCUT2D eigenvalue weighted by atomic mass is 10.1. The van der Waals surface area contributed by atoms with Crippen LogP contribution in [0.1, 0.15) is 38.3 Å². The third-order valence-electron chi connectivity index (χ3n) is 6.34. The van der Waals surface area contributed by atoms with E-state index in [1.165, 1.54) is 17.0 Å². The molecular weight excluding hydrogens is 566 g/mol. The molecule has 9 heteroatoms. The van der Waals surface area contributed by atoms with Crippen LogP contribution in [0.3, 0.4) is 0 Å². The zero-order valence-electron chi connectivity index (χ0n) is 22.1. The lowest BCUT2D eigenvalue weighted by molar-refractivity contribution is -0.139. The van der Waals surface area contributed by atoms with Gasteiger partial charge in [-0.3, -0.25) is 13.9 Å². The first-order valence-corrected chi connectivity index (χ1v) is 14.7. The highest BCUT2D eigenvalue weighted by atomic mass is 79.9. The van der Waals surface area contributed by atoms with Gasteiger partial charge in [-0.15, -0.1) is 0 Å². The quantitative estimate of drug-likeness (QED) is 0.324. The third kappa shape index (κ3) is 7.45. The summed E-state index contributed by atoms with van der Waals surface area (Å²) in [4.78, 5) is 28.5. The number of aryl methyl sites for hydroxylation is 1. The van der Waals surface area contributed by atoms with Crippen LogP contribution in [0.15, 0.2) is 88.2 Å². The van der Waals surface area contributed by atoms with Crippen molar-refractivity contribution in [3.8, 4) is 0 Å². The predicted octanol–water partition coefficient (Wildman–Crippen LogP) is 5.28. The monoisotopic (exact) mass is 599 g/mol. The minimum Gasteiger partial charge on any atom is -0.352 e. The van der Waals surface area contributed by atoms with Crippen molar-refractivity contribution in [2.75, 3.05) is 10.8 Å². The van der Waals surface area contributed by atoms with Crippen LogP contribution >= 0.6 is 15.9 Å². The molecule has 0 fully saturated rings. The summed E-state index contributed by atoms with van der Waals surface area (Å²) in [7, 11) is -4.07. The number of nitrogens with zero attached hydrogens (tertiary/aromatic N) is 2. The van der Waals surface area contributed by atoms with Crippen molar-refractivity contribution in [1.29, 1.82) is 0 Å². The van der Waals surface area contributed by atoms with Crippen LogP contribution in [0.25, 0.3) is 0 Å². The minimum atomic E-state index is -4.07. The molecule has 0 saturated heterocycles. The Bertz CT molecular complexity index is 1350. The van der Waals surface area contributed by atoms with E-state index in [2.05, 4.69) is 21.2 Å². The molecule has 0 saturated carbocycles. The predicted molar refractivity (Wildman–Crippen MR) is 154 cm³/mol. The summed E-state index contributed by atoms with van der Waals surface area (Å²) in [5.74, 6) is -0.785. The average Bonchev–Trinajstić information content (AvgIpc) is 2.90. The van der Waals surface area contributed by atoms with Gasteiger partial charge in [-0.25, -0.2) is 8.42 Å². The molecule has 0 unspecified atom stereocenters. The molecule has 3 rings (SSSR count). The second-order valence-corrected chi connectivity index (χ2v) is 12.1. The van der Waals surface area contributed by atoms with Crippen LogP contribution in [0.4, 0.5) is 5.69 Å². The Balaban J connectivity index is 2.01. The molecule has 2 atom stereocenters. The Morgan fingerprint density at radius 1 is 0.947 bits per heavy atom. The number of hydrogen-bond acceptors (Lipinski definition) is 4. The standard InChI is InChI=1S/C29H34BrN3O4S/c1-5-22(3)31-29(35)23(4)32(19-24-10-9-11-25(30)18-24)28(34)20-33(26-16-14-21(2)15-17-26)38(36,37)27-12-7-6-8-13-27/h6-18,22-23H,5,19-20H2,1-4H3,(H,31,35)/t22-,23-/m0/s1. The maximum atomic E-state index is 13.9. The number of amides is 2. The van der Waals surface area contributed by atoms with Crippen LogP contribution in [-0.4, -0.2) is 43.8 Å². The smallest absolute Gasteiger partial charge is 0.264 e. The van der Waals surface area contributed by atoms with Crippen molar-refractivity contribution in [2.45, 2.75) is 57.6 Å². The van der Waals surface area contributed by atoms with Crippen molar-refractivity contribution < 1.29 is 18.0 Å². The van der Waals surface area contributed by atoms with Gasteiger partial charge in [0.1, 0.15) is 12.6 Å². The number of anilines is 1. The molecule has 3 aromatic rings. The van der Waals surface area contributed by atoms with E-state index in [4.69, 9.17) is 0 Å². The van der Waals surface area contributed by atoms with E-state index in [1.807, 2.05) is 45.0 Å². The summed E-state index contributed by atoms with van der Waals surface area (Å²) in [6.07, 6.45) is 0.745. The third-order valence-corrected chi connectivity index (χ3v) is 8.62. The molecule has 0 aliphatic rings. The summed E-state index contributed by atoms with van der Waals surface area (Å²) < 4.78 is 29.4. The Morgan fingerprint density at radius 3 is 2.21 bits per heavy atom. The number of carbonyl (C=O) groups excluding carboxylic acids is 2. The Labute approximate surface area is 234 Å². The topological polar surface area (TPSA) is 86.8 Å². The second-order valence-electron chi connectivity index (χ2n) is 9.31. The zero-order chi connectivity index (χ0) is 27.9. The molecule has 0 aromatic heterocycles. The zero-order valence-corrected chi connectivity index (χ0v) is 24.5. The van der Waals surface area contributed by atoms with Gasteiger partial charge >= 0.3 is 0 Å². The highest BCUT2D eigenvalue weighted by Gasteiger charge is 2.32. The molecule has 0 heterocycles. The van der Waals surface area contributed by atoms with Gasteiger partial charge in [0.05, 0.1) is 10.6 Å². The molecule has 0 aliphatic heterocycles. The molecule has 38 heavy (non-hydrogen) atoms. The highest BCUT2D eigenvalue weighted by molar-refractivity contribution is 9.10. The van der Waals surface area contributed by atoms with Gasteiger partial charge in [0.25, 0.3) is 10.0 Å². The Kier molecular flexibility index (Phi) is 10.1. The Morgan fingerprint density at radius 2 is 1.61 bits per heavy atom. The summed E-state index contributed by atoms with van der Waals surface area (Å²) in [5.41, 5.74) is 2.14. The lowest BCUT2D eigenvalue weighted by Gasteiger charge is -2.32. The van der Waals surface area contributed by atoms with E-state index in [9.17, 15) is 18.0 Å². The molecule has 0 aliphatic carbocycles. The molecule has 2 amide bonds. The SMILES string of the molecule is CC[C@H](C)NC(=O)[C@H](C)N(Cc1cccc(Br)c1)C(=O)CN(c1ccc(C)cc1)S(=O)(=O)c1ccccc1. The number of hydrogen-bond donors (Lipinski definition) is 1. The van der Waals surface area contributed by atoms with Gasteiger partial charge in [-0.2, -0.15) is 0 Å². The van der Waals surface area contributed by atoms with E-state index in [1.54, 1.807) is 49.4 Å². The number of benzene rings is 3. The maximum absolute atomic E-state index is 13.9. The highest BCUT2D eigenvalue weighted by Crippen LogP contribution is 2.25. The molecule has 0 radical (unpaired) electrons. The van der Waals surface area contributed by atoms with Crippen LogP contribution in [-0.2, 0) is 26.2 Å². The number of rotatable bonds is 11. The van der Waals surface area contributed by atoms with Crippen LogP contribution in [0.5, 0.6) is 0 Å². The first kappa shape index (κ1) is 29.4. The maximum Gasteiger partial charge on any atom is 0.264 e. The first-order chi connectivity index (χ1) is 18.0. The van der Waals surface area contributed by atoms with Crippen molar-refractivity contribution >= 4 is 43.5 Å². The molecule has 0 bridgehead atoms. The molecule has 1 N–H and O–H groups in total. The Hall–Kier alpha value is -3.17. The van der Waals surface area contributed by atoms with Crippen molar-refractivity contribution in [2.24, 2.45) is 0 Å². The number of carbonyl (C=O) groups is 2.